The molecule has 1 atom stereocenters. The Balaban J connectivity index is 2.46. The minimum Gasteiger partial charge on any atom is -0.344 e. The van der Waals surface area contributed by atoms with Crippen LogP contribution in [0.2, 0.25) is 0 Å². The molecule has 0 heterocycles. The van der Waals surface area contributed by atoms with Gasteiger partial charge in [-0.2, -0.15) is 0 Å². The first kappa shape index (κ1) is 13.5. The predicted octanol–water partition coefficient (Wildman–Crippen LogP) is 2.01. The number of hydrogen-bond acceptors (Lipinski definition) is 2. The third-order valence-electron chi connectivity index (χ3n) is 3.58. The molecule has 0 radical (unpaired) electrons. The molecule has 94 valence electrons. The number of amides is 1. The molecule has 0 aliphatic heterocycles. The minimum atomic E-state index is -0.390. The quantitative estimate of drug-likeness (QED) is 0.800. The lowest BCUT2D eigenvalue weighted by Gasteiger charge is -2.31. The summed E-state index contributed by atoms with van der Waals surface area (Å²) >= 11 is 0. The fourth-order valence-electron chi connectivity index (χ4n) is 2.28. The van der Waals surface area contributed by atoms with Gasteiger partial charge < -0.3 is 10.6 Å². The van der Waals surface area contributed by atoms with E-state index in [1.54, 1.807) is 0 Å². The predicted molar refractivity (Wildman–Crippen MR) is 67.0 cm³/mol. The van der Waals surface area contributed by atoms with Crippen molar-refractivity contribution in [3.05, 3.63) is 0 Å². The van der Waals surface area contributed by atoms with Crippen LogP contribution in [-0.4, -0.2) is 30.4 Å². The van der Waals surface area contributed by atoms with Crippen LogP contribution >= 0.6 is 0 Å². The molecule has 0 aromatic heterocycles. The lowest BCUT2D eigenvalue weighted by atomic mass is 9.86. The summed E-state index contributed by atoms with van der Waals surface area (Å²) in [5.41, 5.74) is 5.83. The molecular formula is C13H26N2O. The Morgan fingerprint density at radius 1 is 1.38 bits per heavy atom. The van der Waals surface area contributed by atoms with Crippen LogP contribution in [0.5, 0.6) is 0 Å². The topological polar surface area (TPSA) is 46.3 Å². The van der Waals surface area contributed by atoms with Crippen LogP contribution in [0.25, 0.3) is 0 Å². The average Bonchev–Trinajstić information content (AvgIpc) is 2.66. The van der Waals surface area contributed by atoms with Crippen molar-refractivity contribution in [2.24, 2.45) is 17.1 Å². The largest absolute Gasteiger partial charge is 0.344 e. The number of hydrogen-bond donors (Lipinski definition) is 1. The van der Waals surface area contributed by atoms with Crippen LogP contribution in [0.1, 0.15) is 46.5 Å². The van der Waals surface area contributed by atoms with E-state index in [-0.39, 0.29) is 17.4 Å². The van der Waals surface area contributed by atoms with E-state index in [9.17, 15) is 4.79 Å². The number of carbonyl (C=O) groups is 1. The number of nitrogens with zero attached hydrogens (tertiary/aromatic N) is 1. The maximum Gasteiger partial charge on any atom is 0.239 e. The average molecular weight is 226 g/mol. The third-order valence-corrected chi connectivity index (χ3v) is 3.58. The van der Waals surface area contributed by atoms with Crippen LogP contribution in [0.3, 0.4) is 0 Å². The summed E-state index contributed by atoms with van der Waals surface area (Å²) in [5.74, 6) is 0.778. The zero-order valence-electron chi connectivity index (χ0n) is 11.1. The number of rotatable bonds is 3. The molecule has 1 fully saturated rings. The molecule has 0 saturated heterocycles. The van der Waals surface area contributed by atoms with E-state index in [1.807, 2.05) is 32.7 Å². The van der Waals surface area contributed by atoms with Crippen molar-refractivity contribution in [1.29, 1.82) is 0 Å². The van der Waals surface area contributed by atoms with E-state index < -0.39 is 0 Å². The highest BCUT2D eigenvalue weighted by Gasteiger charge is 2.30. The van der Waals surface area contributed by atoms with Crippen molar-refractivity contribution in [3.63, 3.8) is 0 Å². The molecule has 1 rings (SSSR count). The second-order valence-electron chi connectivity index (χ2n) is 6.21. The molecule has 1 unspecified atom stereocenters. The van der Waals surface area contributed by atoms with E-state index in [2.05, 4.69) is 0 Å². The monoisotopic (exact) mass is 226 g/mol. The number of likely N-dealkylation sites (N-methyl/N-ethyl adjacent to an activating group) is 1. The maximum absolute atomic E-state index is 12.1. The molecule has 0 aromatic carbocycles. The molecule has 1 aliphatic rings. The van der Waals surface area contributed by atoms with E-state index in [1.165, 1.54) is 25.7 Å². The Morgan fingerprint density at radius 2 is 1.88 bits per heavy atom. The number of carbonyl (C=O) groups excluding carboxylic acids is 1. The molecule has 2 N–H and O–H groups in total. The zero-order chi connectivity index (χ0) is 12.3. The molecule has 1 aliphatic carbocycles. The normalized spacial score (nSPS) is 19.8. The fraction of sp³-hybridized carbons (Fsp3) is 0.923. The van der Waals surface area contributed by atoms with Crippen molar-refractivity contribution in [1.82, 2.24) is 4.90 Å². The Hall–Kier alpha value is -0.570. The highest BCUT2D eigenvalue weighted by atomic mass is 16.2. The molecule has 3 nitrogen and oxygen atoms in total. The van der Waals surface area contributed by atoms with E-state index in [4.69, 9.17) is 5.73 Å². The molecule has 0 aromatic rings. The van der Waals surface area contributed by atoms with E-state index in [0.29, 0.717) is 5.92 Å². The Labute approximate surface area is 99.4 Å². The van der Waals surface area contributed by atoms with Crippen LogP contribution in [0, 0.1) is 11.3 Å². The highest BCUT2D eigenvalue weighted by molar-refractivity contribution is 5.82. The summed E-state index contributed by atoms with van der Waals surface area (Å²) in [6.07, 6.45) is 5.17. The Morgan fingerprint density at radius 3 is 2.31 bits per heavy atom. The first-order chi connectivity index (χ1) is 7.32. The van der Waals surface area contributed by atoms with Crippen LogP contribution < -0.4 is 5.73 Å². The van der Waals surface area contributed by atoms with Crippen LogP contribution in [0.15, 0.2) is 0 Å². The summed E-state index contributed by atoms with van der Waals surface area (Å²) in [6, 6.07) is -0.390. The van der Waals surface area contributed by atoms with Crippen molar-refractivity contribution < 1.29 is 4.79 Å². The van der Waals surface area contributed by atoms with E-state index in [0.717, 1.165) is 6.54 Å². The maximum atomic E-state index is 12.1. The van der Waals surface area contributed by atoms with Crippen molar-refractivity contribution in [3.8, 4) is 0 Å². The highest BCUT2D eigenvalue weighted by Crippen LogP contribution is 2.26. The van der Waals surface area contributed by atoms with Gasteiger partial charge in [-0.3, -0.25) is 4.79 Å². The van der Waals surface area contributed by atoms with Gasteiger partial charge in [0.25, 0.3) is 0 Å². The summed E-state index contributed by atoms with van der Waals surface area (Å²) in [4.78, 5) is 13.9. The fourth-order valence-corrected chi connectivity index (χ4v) is 2.28. The summed E-state index contributed by atoms with van der Waals surface area (Å²) < 4.78 is 0. The molecule has 1 saturated carbocycles. The summed E-state index contributed by atoms with van der Waals surface area (Å²) in [5, 5.41) is 0. The second kappa shape index (κ2) is 5.17. The van der Waals surface area contributed by atoms with Gasteiger partial charge in [-0.05, 0) is 24.2 Å². The number of nitrogens with two attached hydrogens (primary N) is 1. The van der Waals surface area contributed by atoms with E-state index >= 15 is 0 Å². The summed E-state index contributed by atoms with van der Waals surface area (Å²) in [7, 11) is 1.88. The molecule has 0 bridgehead atoms. The zero-order valence-corrected chi connectivity index (χ0v) is 11.1. The summed E-state index contributed by atoms with van der Waals surface area (Å²) in [6.45, 7) is 6.92. The van der Waals surface area contributed by atoms with Gasteiger partial charge >= 0.3 is 0 Å². The van der Waals surface area contributed by atoms with Gasteiger partial charge in [-0.15, -0.1) is 0 Å². The first-order valence-corrected chi connectivity index (χ1v) is 6.33. The van der Waals surface area contributed by atoms with Crippen LogP contribution in [0.4, 0.5) is 0 Å². The molecule has 3 heteroatoms. The molecule has 16 heavy (non-hydrogen) atoms. The van der Waals surface area contributed by atoms with Gasteiger partial charge in [0, 0.05) is 13.6 Å². The molecule has 1 amide bonds. The van der Waals surface area contributed by atoms with Crippen molar-refractivity contribution >= 4 is 5.91 Å². The van der Waals surface area contributed by atoms with Crippen molar-refractivity contribution in [2.75, 3.05) is 13.6 Å². The van der Waals surface area contributed by atoms with Gasteiger partial charge in [0.05, 0.1) is 6.04 Å². The first-order valence-electron chi connectivity index (χ1n) is 6.33. The lowest BCUT2D eigenvalue weighted by Crippen LogP contribution is -2.50. The van der Waals surface area contributed by atoms with Gasteiger partial charge in [0.1, 0.15) is 0 Å². The molecule has 0 spiro atoms. The second-order valence-corrected chi connectivity index (χ2v) is 6.21. The Bertz CT molecular complexity index is 239. The SMILES string of the molecule is CN(CC1CCCC1)C(=O)C(N)C(C)(C)C. The van der Waals surface area contributed by atoms with Gasteiger partial charge in [0.2, 0.25) is 5.91 Å². The standard InChI is InChI=1S/C13H26N2O/c1-13(2,3)11(14)12(16)15(4)9-10-7-5-6-8-10/h10-11H,5-9,14H2,1-4H3. The van der Waals surface area contributed by atoms with Crippen molar-refractivity contribution in [2.45, 2.75) is 52.5 Å². The van der Waals surface area contributed by atoms with Gasteiger partial charge in [0.15, 0.2) is 0 Å². The van der Waals surface area contributed by atoms with Gasteiger partial charge in [-0.1, -0.05) is 33.6 Å². The van der Waals surface area contributed by atoms with Gasteiger partial charge in [-0.25, -0.2) is 0 Å². The third kappa shape index (κ3) is 3.48. The smallest absolute Gasteiger partial charge is 0.239 e. The minimum absolute atomic E-state index is 0.0828. The Kier molecular flexibility index (Phi) is 4.36. The lowest BCUT2D eigenvalue weighted by molar-refractivity contribution is -0.134. The van der Waals surface area contributed by atoms with Crippen LogP contribution in [-0.2, 0) is 4.79 Å². The molecular weight excluding hydrogens is 200 g/mol.